The zero-order valence-corrected chi connectivity index (χ0v) is 19.4. The van der Waals surface area contributed by atoms with Crippen molar-refractivity contribution in [3.05, 3.63) is 74.3 Å². The molecule has 0 saturated heterocycles. The van der Waals surface area contributed by atoms with Crippen LogP contribution in [0.25, 0.3) is 0 Å². The van der Waals surface area contributed by atoms with Crippen molar-refractivity contribution in [1.29, 1.82) is 0 Å². The molecule has 2 atom stereocenters. The summed E-state index contributed by atoms with van der Waals surface area (Å²) in [6.07, 6.45) is 1.57. The van der Waals surface area contributed by atoms with E-state index in [2.05, 4.69) is 10.5 Å². The third-order valence-electron chi connectivity index (χ3n) is 8.00. The molecule has 2 aromatic rings. The Morgan fingerprint density at radius 2 is 1.57 bits per heavy atom. The second kappa shape index (κ2) is 8.26. The van der Waals surface area contributed by atoms with Crippen molar-refractivity contribution in [3.63, 3.8) is 0 Å². The summed E-state index contributed by atoms with van der Waals surface area (Å²) >= 11 is 0. The number of nitro groups is 2. The van der Waals surface area contributed by atoms with Crippen molar-refractivity contribution in [1.82, 2.24) is 0 Å². The lowest BCUT2D eigenvalue weighted by Crippen LogP contribution is -2.43. The summed E-state index contributed by atoms with van der Waals surface area (Å²) in [6, 6.07) is 11.7. The lowest BCUT2D eigenvalue weighted by molar-refractivity contribution is -0.394. The van der Waals surface area contributed by atoms with E-state index >= 15 is 0 Å². The van der Waals surface area contributed by atoms with Crippen LogP contribution in [-0.4, -0.2) is 27.4 Å². The first-order valence-corrected chi connectivity index (χ1v) is 11.0. The van der Waals surface area contributed by atoms with Crippen LogP contribution in [0.2, 0.25) is 0 Å². The van der Waals surface area contributed by atoms with Crippen molar-refractivity contribution < 1.29 is 24.3 Å². The highest BCUT2D eigenvalue weighted by molar-refractivity contribution is 6.06. The summed E-state index contributed by atoms with van der Waals surface area (Å²) in [7, 11) is 0. The summed E-state index contributed by atoms with van der Waals surface area (Å²) in [5.74, 6) is -1.19. The smallest absolute Gasteiger partial charge is 0.326 e. The molecule has 1 amide bonds. The number of fused-ring (bicyclic) bond motifs is 2. The molecule has 2 bridgehead atoms. The standard InChI is InChI=1S/C24H24N4O7/c1-22(2)23(3)9-10-24(22,21(30)25-16-7-5-4-6-8-16)14-19(23)26-35-20(29)15-11-17(27(31)32)13-18(12-15)28(33)34/h4-8,11-13H,9-10,14H2,1-3H3,(H,25,30)/b26-19+. The van der Waals surface area contributed by atoms with Gasteiger partial charge in [-0.05, 0) is 30.4 Å². The highest BCUT2D eigenvalue weighted by Crippen LogP contribution is 2.71. The summed E-state index contributed by atoms with van der Waals surface area (Å²) in [4.78, 5) is 51.8. The molecule has 0 aromatic heterocycles. The van der Waals surface area contributed by atoms with Gasteiger partial charge in [-0.25, -0.2) is 4.79 Å². The third-order valence-corrected chi connectivity index (χ3v) is 8.00. The molecule has 2 unspecified atom stereocenters. The number of nitrogens with zero attached hydrogens (tertiary/aromatic N) is 3. The quantitative estimate of drug-likeness (QED) is 0.351. The predicted molar refractivity (Wildman–Crippen MR) is 126 cm³/mol. The molecule has 2 aliphatic carbocycles. The number of amides is 1. The number of hydrogen-bond donors (Lipinski definition) is 1. The number of non-ortho nitro benzene ring substituents is 2. The van der Waals surface area contributed by atoms with Crippen molar-refractivity contribution in [2.75, 3.05) is 5.32 Å². The van der Waals surface area contributed by atoms with Gasteiger partial charge in [0, 0.05) is 29.7 Å². The molecular formula is C24H24N4O7. The summed E-state index contributed by atoms with van der Waals surface area (Å²) in [5.41, 5.74) is -2.17. The normalized spacial score (nSPS) is 25.3. The van der Waals surface area contributed by atoms with E-state index in [9.17, 15) is 29.8 Å². The second-order valence-electron chi connectivity index (χ2n) is 9.71. The van der Waals surface area contributed by atoms with Crippen LogP contribution in [0.1, 0.15) is 50.4 Å². The van der Waals surface area contributed by atoms with Crippen LogP contribution in [0.4, 0.5) is 17.1 Å². The maximum atomic E-state index is 13.5. The van der Waals surface area contributed by atoms with Crippen molar-refractivity contribution >= 4 is 34.7 Å². The Morgan fingerprint density at radius 1 is 0.971 bits per heavy atom. The first-order chi connectivity index (χ1) is 16.4. The average Bonchev–Trinajstić information content (AvgIpc) is 3.13. The minimum absolute atomic E-state index is 0.136. The van der Waals surface area contributed by atoms with Gasteiger partial charge in [-0.15, -0.1) is 0 Å². The third kappa shape index (κ3) is 3.72. The van der Waals surface area contributed by atoms with Crippen LogP contribution in [0.5, 0.6) is 0 Å². The molecule has 4 rings (SSSR count). The van der Waals surface area contributed by atoms with Crippen LogP contribution in [0.3, 0.4) is 0 Å². The Hall–Kier alpha value is -4.15. The van der Waals surface area contributed by atoms with E-state index in [1.807, 2.05) is 39.0 Å². The number of nitro benzene ring substituents is 2. The van der Waals surface area contributed by atoms with Gasteiger partial charge in [-0.1, -0.05) is 44.1 Å². The van der Waals surface area contributed by atoms with Crippen LogP contribution in [-0.2, 0) is 9.63 Å². The van der Waals surface area contributed by atoms with Crippen LogP contribution in [0.15, 0.2) is 53.7 Å². The van der Waals surface area contributed by atoms with E-state index < -0.39 is 43.4 Å². The summed E-state index contributed by atoms with van der Waals surface area (Å²) < 4.78 is 0. The second-order valence-corrected chi connectivity index (χ2v) is 9.71. The maximum Gasteiger partial charge on any atom is 0.366 e. The fourth-order valence-corrected chi connectivity index (χ4v) is 5.37. The molecule has 2 saturated carbocycles. The fraction of sp³-hybridized carbons (Fsp3) is 0.375. The molecule has 0 aliphatic heterocycles. The molecule has 0 radical (unpaired) electrons. The monoisotopic (exact) mass is 480 g/mol. The Kier molecular flexibility index (Phi) is 5.66. The van der Waals surface area contributed by atoms with Crippen molar-refractivity contribution in [3.8, 4) is 0 Å². The average molecular weight is 480 g/mol. The number of rotatable bonds is 6. The van der Waals surface area contributed by atoms with Gasteiger partial charge in [0.15, 0.2) is 0 Å². The Morgan fingerprint density at radius 3 is 2.14 bits per heavy atom. The molecule has 182 valence electrons. The van der Waals surface area contributed by atoms with Gasteiger partial charge >= 0.3 is 5.97 Å². The first kappa shape index (κ1) is 24.0. The number of oxime groups is 1. The molecule has 2 fully saturated rings. The summed E-state index contributed by atoms with van der Waals surface area (Å²) in [6.45, 7) is 5.97. The van der Waals surface area contributed by atoms with E-state index in [-0.39, 0.29) is 17.9 Å². The minimum Gasteiger partial charge on any atom is -0.326 e. The van der Waals surface area contributed by atoms with E-state index in [0.29, 0.717) is 24.2 Å². The maximum absolute atomic E-state index is 13.5. The van der Waals surface area contributed by atoms with Gasteiger partial charge < -0.3 is 10.2 Å². The molecule has 0 heterocycles. The number of nitrogens with one attached hydrogen (secondary N) is 1. The summed E-state index contributed by atoms with van der Waals surface area (Å²) in [5, 5.41) is 29.3. The SMILES string of the molecule is CC12CCC(C(=O)Nc3ccccc3)(C/C1=N\OC(=O)c1cc([N+](=O)[O-])cc([N+](=O)[O-])c1)C2(C)C. The molecule has 2 aliphatic rings. The number of para-hydroxylation sites is 1. The molecular weight excluding hydrogens is 456 g/mol. The van der Waals surface area contributed by atoms with Crippen molar-refractivity contribution in [2.45, 2.75) is 40.0 Å². The first-order valence-electron chi connectivity index (χ1n) is 11.0. The van der Waals surface area contributed by atoms with Gasteiger partial charge in [-0.2, -0.15) is 0 Å². The van der Waals surface area contributed by atoms with Crippen LogP contribution < -0.4 is 5.32 Å². The number of anilines is 1. The zero-order chi connectivity index (χ0) is 25.6. The largest absolute Gasteiger partial charge is 0.366 e. The highest BCUT2D eigenvalue weighted by Gasteiger charge is 2.71. The Labute approximate surface area is 200 Å². The van der Waals surface area contributed by atoms with Gasteiger partial charge in [-0.3, -0.25) is 25.0 Å². The zero-order valence-electron chi connectivity index (χ0n) is 19.4. The predicted octanol–water partition coefficient (Wildman–Crippen LogP) is 4.87. The molecule has 1 N–H and O–H groups in total. The molecule has 11 nitrogen and oxygen atoms in total. The number of carbonyl (C=O) groups is 2. The number of benzene rings is 2. The van der Waals surface area contributed by atoms with E-state index in [4.69, 9.17) is 4.84 Å². The Balaban J connectivity index is 1.61. The lowest BCUT2D eigenvalue weighted by atomic mass is 9.64. The van der Waals surface area contributed by atoms with Crippen LogP contribution in [0, 0.1) is 36.5 Å². The number of carbonyl (C=O) groups excluding carboxylic acids is 2. The van der Waals surface area contributed by atoms with E-state index in [0.717, 1.165) is 18.2 Å². The molecule has 35 heavy (non-hydrogen) atoms. The van der Waals surface area contributed by atoms with Gasteiger partial charge in [0.25, 0.3) is 11.4 Å². The minimum atomic E-state index is -1.06. The number of hydrogen-bond acceptors (Lipinski definition) is 8. The van der Waals surface area contributed by atoms with Crippen LogP contribution >= 0.6 is 0 Å². The van der Waals surface area contributed by atoms with Gasteiger partial charge in [0.1, 0.15) is 0 Å². The topological polar surface area (TPSA) is 154 Å². The lowest BCUT2D eigenvalue weighted by Gasteiger charge is -2.39. The molecule has 0 spiro atoms. The Bertz CT molecular complexity index is 1240. The van der Waals surface area contributed by atoms with Gasteiger partial charge in [0.05, 0.1) is 32.6 Å². The van der Waals surface area contributed by atoms with E-state index in [1.165, 1.54) is 0 Å². The fourth-order valence-electron chi connectivity index (χ4n) is 5.37. The van der Waals surface area contributed by atoms with Gasteiger partial charge in [0.2, 0.25) is 5.91 Å². The van der Waals surface area contributed by atoms with E-state index in [1.54, 1.807) is 12.1 Å². The highest BCUT2D eigenvalue weighted by atomic mass is 16.7. The molecule has 11 heteroatoms. The molecule has 2 aromatic carbocycles. The van der Waals surface area contributed by atoms with Crippen molar-refractivity contribution in [2.24, 2.45) is 21.4 Å².